The summed E-state index contributed by atoms with van der Waals surface area (Å²) in [5.74, 6) is -0.748. The molecule has 11 nitrogen and oxygen atoms in total. The van der Waals surface area contributed by atoms with Crippen LogP contribution in [0.4, 0.5) is 11.5 Å². The topological polar surface area (TPSA) is 155 Å². The molecule has 1 aliphatic rings. The van der Waals surface area contributed by atoms with Crippen molar-refractivity contribution in [3.05, 3.63) is 40.7 Å². The molecule has 32 heavy (non-hydrogen) atoms. The van der Waals surface area contributed by atoms with Gasteiger partial charge in [0.15, 0.2) is 0 Å². The number of carboxylic acids is 1. The first-order valence-electron chi connectivity index (χ1n) is 10.2. The number of carbonyl (C=O) groups is 2. The molecule has 0 bridgehead atoms. The van der Waals surface area contributed by atoms with Crippen LogP contribution in [0.1, 0.15) is 12.8 Å². The minimum atomic E-state index is -1.14. The Morgan fingerprint density at radius 3 is 2.81 bits per heavy atom. The predicted molar refractivity (Wildman–Crippen MR) is 121 cm³/mol. The van der Waals surface area contributed by atoms with E-state index < -0.39 is 12.0 Å². The van der Waals surface area contributed by atoms with Crippen LogP contribution in [0, 0.1) is 0 Å². The number of aliphatic carboxylic acids is 1. The van der Waals surface area contributed by atoms with Crippen LogP contribution in [-0.2, 0) is 9.59 Å². The van der Waals surface area contributed by atoms with Crippen molar-refractivity contribution in [1.82, 2.24) is 19.9 Å². The second kappa shape index (κ2) is 9.42. The highest BCUT2D eigenvalue weighted by atomic mass is 32.1. The molecule has 4 rings (SSSR count). The zero-order valence-corrected chi connectivity index (χ0v) is 18.0. The monoisotopic (exact) mass is 457 g/mol. The molecular weight excluding hydrogens is 434 g/mol. The molecule has 0 aliphatic carbocycles. The Kier molecular flexibility index (Phi) is 6.44. The standard InChI is InChI=1S/C20H23N7O4S/c21-14(19(30)31)4-5-15(28)23-13-3-1-2-12(10-13)18-25-27-17(26-8-6-22-7-9-26)11-16(29)24-20(27)32-18/h1-3,10-11,14,22H,4-9,21H2,(H,23,28)(H,30,31)/t14-/m1/s1. The number of nitrogens with two attached hydrogens (primary N) is 1. The zero-order valence-electron chi connectivity index (χ0n) is 17.2. The maximum absolute atomic E-state index is 12.2. The molecule has 0 radical (unpaired) electrons. The lowest BCUT2D eigenvalue weighted by Gasteiger charge is -2.28. The van der Waals surface area contributed by atoms with E-state index in [0.717, 1.165) is 31.7 Å². The summed E-state index contributed by atoms with van der Waals surface area (Å²) >= 11 is 1.29. The summed E-state index contributed by atoms with van der Waals surface area (Å²) in [6, 6.07) is 7.58. The van der Waals surface area contributed by atoms with E-state index in [1.54, 1.807) is 22.7 Å². The van der Waals surface area contributed by atoms with Gasteiger partial charge in [0.25, 0.3) is 5.56 Å². The largest absolute Gasteiger partial charge is 0.480 e. The Morgan fingerprint density at radius 1 is 1.28 bits per heavy atom. The number of nitrogens with zero attached hydrogens (tertiary/aromatic N) is 4. The highest BCUT2D eigenvalue weighted by molar-refractivity contribution is 7.19. The van der Waals surface area contributed by atoms with Crippen molar-refractivity contribution in [2.24, 2.45) is 5.73 Å². The molecule has 3 aromatic rings. The van der Waals surface area contributed by atoms with Gasteiger partial charge in [0.1, 0.15) is 16.9 Å². The van der Waals surface area contributed by atoms with Crippen LogP contribution in [0.3, 0.4) is 0 Å². The van der Waals surface area contributed by atoms with Crippen LogP contribution in [0.25, 0.3) is 15.5 Å². The lowest BCUT2D eigenvalue weighted by Crippen LogP contribution is -2.44. The molecule has 1 aliphatic heterocycles. The van der Waals surface area contributed by atoms with Gasteiger partial charge in [-0.05, 0) is 18.6 Å². The molecule has 5 N–H and O–H groups in total. The third-order valence-corrected chi connectivity index (χ3v) is 6.03. The average molecular weight is 458 g/mol. The summed E-state index contributed by atoms with van der Waals surface area (Å²) in [5, 5.41) is 20.2. The van der Waals surface area contributed by atoms with E-state index >= 15 is 0 Å². The van der Waals surface area contributed by atoms with Crippen molar-refractivity contribution in [2.45, 2.75) is 18.9 Å². The molecule has 168 valence electrons. The fourth-order valence-corrected chi connectivity index (χ4v) is 4.30. The molecule has 0 saturated carbocycles. The minimum Gasteiger partial charge on any atom is -0.480 e. The van der Waals surface area contributed by atoms with Gasteiger partial charge in [0.05, 0.1) is 0 Å². The second-order valence-electron chi connectivity index (χ2n) is 7.40. The number of nitrogens with one attached hydrogen (secondary N) is 2. The minimum absolute atomic E-state index is 0.00106. The fourth-order valence-electron chi connectivity index (χ4n) is 3.40. The van der Waals surface area contributed by atoms with E-state index in [1.165, 1.54) is 17.4 Å². The van der Waals surface area contributed by atoms with E-state index in [2.05, 4.69) is 25.6 Å². The average Bonchev–Trinajstić information content (AvgIpc) is 3.21. The van der Waals surface area contributed by atoms with Crippen LogP contribution >= 0.6 is 11.3 Å². The first kappa shape index (κ1) is 21.9. The number of rotatable bonds is 7. The zero-order chi connectivity index (χ0) is 22.7. The van der Waals surface area contributed by atoms with E-state index in [4.69, 9.17) is 10.8 Å². The van der Waals surface area contributed by atoms with Gasteiger partial charge in [-0.15, -0.1) is 0 Å². The smallest absolute Gasteiger partial charge is 0.320 e. The molecule has 1 atom stereocenters. The third-order valence-electron chi connectivity index (χ3n) is 5.07. The molecule has 1 saturated heterocycles. The number of carbonyl (C=O) groups excluding carboxylic acids is 1. The Hall–Kier alpha value is -3.35. The first-order valence-corrected chi connectivity index (χ1v) is 11.0. The van der Waals surface area contributed by atoms with Crippen molar-refractivity contribution in [3.63, 3.8) is 0 Å². The summed E-state index contributed by atoms with van der Waals surface area (Å²) < 4.78 is 1.69. The molecule has 2 aromatic heterocycles. The van der Waals surface area contributed by atoms with E-state index in [9.17, 15) is 14.4 Å². The highest BCUT2D eigenvalue weighted by Crippen LogP contribution is 2.28. The van der Waals surface area contributed by atoms with Crippen LogP contribution in [0.15, 0.2) is 35.1 Å². The van der Waals surface area contributed by atoms with Gasteiger partial charge in [-0.1, -0.05) is 23.5 Å². The Balaban J connectivity index is 1.56. The summed E-state index contributed by atoms with van der Waals surface area (Å²) in [5.41, 5.74) is 6.46. The number of benzene rings is 1. The van der Waals surface area contributed by atoms with Gasteiger partial charge in [-0.3, -0.25) is 14.4 Å². The number of carboxylic acid groups (broad SMARTS) is 1. The SMILES string of the molecule is N[C@H](CCC(=O)Nc1cccc(-c2nn3c(N4CCNCC4)cc(=O)nc3s2)c1)C(=O)O. The normalized spacial score (nSPS) is 15.0. The molecule has 12 heteroatoms. The van der Waals surface area contributed by atoms with Crippen LogP contribution < -0.4 is 26.8 Å². The maximum atomic E-state index is 12.2. The van der Waals surface area contributed by atoms with Crippen LogP contribution in [-0.4, -0.2) is 63.8 Å². The Labute approximate surface area is 186 Å². The van der Waals surface area contributed by atoms with E-state index in [1.807, 2.05) is 6.07 Å². The van der Waals surface area contributed by atoms with Gasteiger partial charge in [-0.25, -0.2) is 0 Å². The predicted octanol–water partition coefficient (Wildman–Crippen LogP) is 0.358. The van der Waals surface area contributed by atoms with Crippen molar-refractivity contribution in [1.29, 1.82) is 0 Å². The van der Waals surface area contributed by atoms with Crippen LogP contribution in [0.2, 0.25) is 0 Å². The number of aromatic nitrogens is 3. The lowest BCUT2D eigenvalue weighted by atomic mass is 10.1. The van der Waals surface area contributed by atoms with Gasteiger partial charge in [0.2, 0.25) is 10.9 Å². The quantitative estimate of drug-likeness (QED) is 0.393. The number of anilines is 2. The number of piperazine rings is 1. The van der Waals surface area contributed by atoms with Crippen molar-refractivity contribution < 1.29 is 14.7 Å². The van der Waals surface area contributed by atoms with Crippen molar-refractivity contribution in [2.75, 3.05) is 36.4 Å². The molecular formula is C20H23N7O4S. The summed E-state index contributed by atoms with van der Waals surface area (Å²) in [4.78, 5) is 41.8. The van der Waals surface area contributed by atoms with Gasteiger partial charge >= 0.3 is 5.97 Å². The molecule has 0 unspecified atom stereocenters. The molecule has 1 fully saturated rings. The fraction of sp³-hybridized carbons (Fsp3) is 0.350. The van der Waals surface area contributed by atoms with Gasteiger partial charge in [-0.2, -0.15) is 14.6 Å². The maximum Gasteiger partial charge on any atom is 0.320 e. The number of hydrogen-bond acceptors (Lipinski definition) is 9. The third kappa shape index (κ3) is 4.93. The Morgan fingerprint density at radius 2 is 2.06 bits per heavy atom. The van der Waals surface area contributed by atoms with Crippen LogP contribution in [0.5, 0.6) is 0 Å². The summed E-state index contributed by atoms with van der Waals surface area (Å²) in [6.07, 6.45) is 0.0479. The molecule has 3 heterocycles. The van der Waals surface area contributed by atoms with E-state index in [-0.39, 0.29) is 24.3 Å². The Bertz CT molecular complexity index is 1200. The first-order chi connectivity index (χ1) is 15.4. The highest BCUT2D eigenvalue weighted by Gasteiger charge is 2.18. The van der Waals surface area contributed by atoms with Crippen molar-refractivity contribution >= 4 is 39.7 Å². The molecule has 0 spiro atoms. The number of fused-ring (bicyclic) bond motifs is 1. The van der Waals surface area contributed by atoms with Crippen molar-refractivity contribution in [3.8, 4) is 10.6 Å². The lowest BCUT2D eigenvalue weighted by molar-refractivity contribution is -0.138. The second-order valence-corrected chi connectivity index (χ2v) is 8.36. The van der Waals surface area contributed by atoms with E-state index in [0.29, 0.717) is 21.5 Å². The number of hydrogen-bond donors (Lipinski definition) is 4. The summed E-state index contributed by atoms with van der Waals surface area (Å²) in [7, 11) is 0. The molecule has 1 amide bonds. The summed E-state index contributed by atoms with van der Waals surface area (Å²) in [6.45, 7) is 3.19. The number of amides is 1. The van der Waals surface area contributed by atoms with Gasteiger partial charge < -0.3 is 26.4 Å². The van der Waals surface area contributed by atoms with Gasteiger partial charge in [0, 0.05) is 49.9 Å². The molecule has 1 aromatic carbocycles.